The number of anilines is 3. The van der Waals surface area contributed by atoms with E-state index in [1.165, 1.54) is 22.7 Å². The van der Waals surface area contributed by atoms with E-state index in [4.69, 9.17) is 4.74 Å². The molecule has 0 radical (unpaired) electrons. The second-order valence-electron chi connectivity index (χ2n) is 10.8. The van der Waals surface area contributed by atoms with Gasteiger partial charge in [0.05, 0.1) is 40.5 Å². The first-order valence-corrected chi connectivity index (χ1v) is 12.8. The molecule has 3 aromatic heterocycles. The average molecular weight is 536 g/mol. The third-order valence-corrected chi connectivity index (χ3v) is 6.37. The van der Waals surface area contributed by atoms with Crippen LogP contribution in [-0.2, 0) is 4.74 Å². The maximum Gasteiger partial charge on any atom is 0.407 e. The molecule has 1 aromatic carbocycles. The highest BCUT2D eigenvalue weighted by Crippen LogP contribution is 2.32. The number of ether oxygens (including phenoxy) is 1. The van der Waals surface area contributed by atoms with Crippen molar-refractivity contribution >= 4 is 28.9 Å². The lowest BCUT2D eigenvalue weighted by atomic mass is 9.95. The molecule has 2 atom stereocenters. The summed E-state index contributed by atoms with van der Waals surface area (Å²) in [6.45, 7) is 9.01. The van der Waals surface area contributed by atoms with Crippen molar-refractivity contribution < 1.29 is 18.3 Å². The van der Waals surface area contributed by atoms with E-state index in [2.05, 4.69) is 37.5 Å². The standard InChI is InChI=1S/C28H31F2N7O2/c1-17-12-18(33-27(38)39-28(2,3)4)16-36(15-17)24-10-11-31-14-23(24)34-26-32-13-19-8-9-22(35-37(19)26)25-20(29)6-5-7-21(25)30/h5-11,13-14,17-18H,12,15-16H2,1-4H3,(H,32,34)(H,33,38)/t17-,18+/m1/s1. The van der Waals surface area contributed by atoms with Crippen molar-refractivity contribution in [1.82, 2.24) is 24.9 Å². The molecule has 39 heavy (non-hydrogen) atoms. The molecule has 2 N–H and O–H groups in total. The Morgan fingerprint density at radius 2 is 1.85 bits per heavy atom. The van der Waals surface area contributed by atoms with Crippen LogP contribution in [0.2, 0.25) is 0 Å². The predicted octanol–water partition coefficient (Wildman–Crippen LogP) is 5.55. The summed E-state index contributed by atoms with van der Waals surface area (Å²) in [5.41, 5.74) is 1.57. The summed E-state index contributed by atoms with van der Waals surface area (Å²) < 4.78 is 35.8. The van der Waals surface area contributed by atoms with Gasteiger partial charge in [-0.2, -0.15) is 9.61 Å². The summed E-state index contributed by atoms with van der Waals surface area (Å²) in [4.78, 5) is 23.3. The number of nitrogens with zero attached hydrogens (tertiary/aromatic N) is 5. The summed E-state index contributed by atoms with van der Waals surface area (Å²) in [6.07, 6.45) is 5.40. The van der Waals surface area contributed by atoms with E-state index in [1.54, 1.807) is 30.7 Å². The zero-order valence-corrected chi connectivity index (χ0v) is 22.3. The fourth-order valence-electron chi connectivity index (χ4n) is 4.85. The van der Waals surface area contributed by atoms with E-state index in [9.17, 15) is 13.6 Å². The molecule has 11 heteroatoms. The van der Waals surface area contributed by atoms with Gasteiger partial charge in [0.15, 0.2) is 0 Å². The lowest BCUT2D eigenvalue weighted by molar-refractivity contribution is 0.0495. The van der Waals surface area contributed by atoms with Crippen LogP contribution < -0.4 is 15.5 Å². The largest absolute Gasteiger partial charge is 0.444 e. The van der Waals surface area contributed by atoms with Gasteiger partial charge >= 0.3 is 6.09 Å². The van der Waals surface area contributed by atoms with Crippen LogP contribution in [0.4, 0.5) is 30.9 Å². The Bertz CT molecular complexity index is 1480. The quantitative estimate of drug-likeness (QED) is 0.346. The second kappa shape index (κ2) is 10.5. The monoisotopic (exact) mass is 535 g/mol. The molecular weight excluding hydrogens is 504 g/mol. The molecule has 5 rings (SSSR count). The zero-order valence-electron chi connectivity index (χ0n) is 22.3. The molecule has 1 fully saturated rings. The van der Waals surface area contributed by atoms with E-state index >= 15 is 0 Å². The number of alkyl carbamates (subject to hydrolysis) is 1. The lowest BCUT2D eigenvalue weighted by Gasteiger charge is -2.39. The number of rotatable bonds is 5. The molecule has 0 spiro atoms. The summed E-state index contributed by atoms with van der Waals surface area (Å²) >= 11 is 0. The number of halogens is 2. The van der Waals surface area contributed by atoms with Crippen molar-refractivity contribution in [2.75, 3.05) is 23.3 Å². The molecule has 9 nitrogen and oxygen atoms in total. The molecule has 1 amide bonds. The molecule has 0 bridgehead atoms. The molecule has 0 aliphatic carbocycles. The Kier molecular flexibility index (Phi) is 7.07. The number of benzene rings is 1. The number of pyridine rings is 1. The number of aromatic nitrogens is 4. The van der Waals surface area contributed by atoms with E-state index in [1.807, 2.05) is 26.8 Å². The minimum atomic E-state index is -0.695. The van der Waals surface area contributed by atoms with Crippen molar-refractivity contribution in [3.05, 3.63) is 66.6 Å². The summed E-state index contributed by atoms with van der Waals surface area (Å²) in [7, 11) is 0. The highest BCUT2D eigenvalue weighted by Gasteiger charge is 2.29. The number of hydrogen-bond donors (Lipinski definition) is 2. The minimum absolute atomic E-state index is 0.100. The van der Waals surface area contributed by atoms with Gasteiger partial charge in [-0.1, -0.05) is 13.0 Å². The number of carbonyl (C=O) groups excluding carboxylic acids is 1. The van der Waals surface area contributed by atoms with Crippen molar-refractivity contribution in [1.29, 1.82) is 0 Å². The average Bonchev–Trinajstić information content (AvgIpc) is 3.25. The molecular formula is C28H31F2N7O2. The first kappa shape index (κ1) is 26.3. The Balaban J connectivity index is 1.41. The number of nitrogens with one attached hydrogen (secondary N) is 2. The van der Waals surface area contributed by atoms with Gasteiger partial charge < -0.3 is 20.3 Å². The van der Waals surface area contributed by atoms with E-state index < -0.39 is 23.3 Å². The van der Waals surface area contributed by atoms with Crippen LogP contribution in [0.5, 0.6) is 0 Å². The number of carbonyl (C=O) groups is 1. The van der Waals surface area contributed by atoms with Crippen LogP contribution in [-0.4, -0.2) is 50.4 Å². The molecule has 4 heterocycles. The zero-order chi connectivity index (χ0) is 27.7. The maximum absolute atomic E-state index is 14.4. The first-order valence-electron chi connectivity index (χ1n) is 12.8. The Hall–Kier alpha value is -4.28. The van der Waals surface area contributed by atoms with Gasteiger partial charge in [-0.15, -0.1) is 0 Å². The Labute approximate surface area is 225 Å². The van der Waals surface area contributed by atoms with Gasteiger partial charge in [0.1, 0.15) is 17.2 Å². The maximum atomic E-state index is 14.4. The highest BCUT2D eigenvalue weighted by atomic mass is 19.1. The summed E-state index contributed by atoms with van der Waals surface area (Å²) in [5, 5.41) is 10.8. The molecule has 204 valence electrons. The van der Waals surface area contributed by atoms with Crippen LogP contribution in [0.1, 0.15) is 34.1 Å². The Morgan fingerprint density at radius 3 is 2.59 bits per heavy atom. The van der Waals surface area contributed by atoms with E-state index in [0.29, 0.717) is 29.6 Å². The van der Waals surface area contributed by atoms with Gasteiger partial charge in [-0.05, 0) is 63.4 Å². The highest BCUT2D eigenvalue weighted by molar-refractivity contribution is 5.74. The third kappa shape index (κ3) is 5.92. The third-order valence-electron chi connectivity index (χ3n) is 6.37. The van der Waals surface area contributed by atoms with Crippen LogP contribution >= 0.6 is 0 Å². The van der Waals surface area contributed by atoms with Gasteiger partial charge in [-0.3, -0.25) is 4.98 Å². The number of piperidine rings is 1. The van der Waals surface area contributed by atoms with Crippen molar-refractivity contribution in [2.45, 2.75) is 45.8 Å². The van der Waals surface area contributed by atoms with Gasteiger partial charge in [0.2, 0.25) is 5.95 Å². The topological polar surface area (TPSA) is 96.7 Å². The van der Waals surface area contributed by atoms with Crippen molar-refractivity contribution in [3.8, 4) is 11.3 Å². The SMILES string of the molecule is C[C@@H]1C[C@H](NC(=O)OC(C)(C)C)CN(c2ccncc2Nc2ncc3ccc(-c4c(F)cccc4F)nn23)C1. The van der Waals surface area contributed by atoms with Gasteiger partial charge in [-0.25, -0.2) is 18.6 Å². The van der Waals surface area contributed by atoms with Crippen LogP contribution in [0.15, 0.2) is 55.0 Å². The molecule has 1 aliphatic heterocycles. The summed E-state index contributed by atoms with van der Waals surface area (Å²) in [6, 6.07) is 8.77. The minimum Gasteiger partial charge on any atom is -0.444 e. The fourth-order valence-corrected chi connectivity index (χ4v) is 4.85. The predicted molar refractivity (Wildman–Crippen MR) is 145 cm³/mol. The van der Waals surface area contributed by atoms with Crippen LogP contribution in [0, 0.1) is 17.6 Å². The second-order valence-corrected chi connectivity index (χ2v) is 10.8. The van der Waals surface area contributed by atoms with Crippen LogP contribution in [0.25, 0.3) is 16.8 Å². The smallest absolute Gasteiger partial charge is 0.407 e. The normalized spacial score (nSPS) is 17.7. The molecule has 1 aliphatic rings. The summed E-state index contributed by atoms with van der Waals surface area (Å²) in [5.74, 6) is -0.710. The first-order chi connectivity index (χ1) is 18.6. The number of imidazole rings is 1. The number of hydrogen-bond acceptors (Lipinski definition) is 7. The fraction of sp³-hybridized carbons (Fsp3) is 0.357. The van der Waals surface area contributed by atoms with Gasteiger partial charge in [0.25, 0.3) is 0 Å². The van der Waals surface area contributed by atoms with Crippen LogP contribution in [0.3, 0.4) is 0 Å². The van der Waals surface area contributed by atoms with E-state index in [-0.39, 0.29) is 17.3 Å². The molecule has 0 saturated carbocycles. The molecule has 1 saturated heterocycles. The molecule has 4 aromatic rings. The number of fused-ring (bicyclic) bond motifs is 1. The molecule has 0 unspecified atom stereocenters. The van der Waals surface area contributed by atoms with E-state index in [0.717, 1.165) is 18.7 Å². The van der Waals surface area contributed by atoms with Crippen molar-refractivity contribution in [2.24, 2.45) is 5.92 Å². The Morgan fingerprint density at radius 1 is 1.08 bits per heavy atom. The lowest BCUT2D eigenvalue weighted by Crippen LogP contribution is -2.51. The number of amides is 1. The van der Waals surface area contributed by atoms with Gasteiger partial charge in [0, 0.05) is 25.3 Å². The van der Waals surface area contributed by atoms with Crippen molar-refractivity contribution in [3.63, 3.8) is 0 Å².